The number of amides is 2. The molecule has 2 N–H and O–H groups in total. The SMILES string of the molecule is O=C(CSc1ccc2c(c1)CCC2)NCCNC(=O)Cc1ccccc1. The summed E-state index contributed by atoms with van der Waals surface area (Å²) in [6.45, 7) is 0.894. The maximum atomic E-state index is 11.9. The normalized spacial score (nSPS) is 12.5. The molecule has 0 bridgehead atoms. The smallest absolute Gasteiger partial charge is 0.230 e. The van der Waals surface area contributed by atoms with Gasteiger partial charge in [0.25, 0.3) is 0 Å². The molecule has 0 fully saturated rings. The highest BCUT2D eigenvalue weighted by Crippen LogP contribution is 2.27. The number of fused-ring (bicyclic) bond motifs is 1. The molecule has 0 saturated heterocycles. The van der Waals surface area contributed by atoms with Crippen LogP contribution in [0.3, 0.4) is 0 Å². The van der Waals surface area contributed by atoms with Crippen molar-refractivity contribution in [2.75, 3.05) is 18.8 Å². The van der Waals surface area contributed by atoms with Crippen molar-refractivity contribution in [3.8, 4) is 0 Å². The molecule has 5 heteroatoms. The first-order valence-electron chi connectivity index (χ1n) is 9.02. The molecule has 0 radical (unpaired) electrons. The minimum absolute atomic E-state index is 0.00666. The molecule has 0 unspecified atom stereocenters. The summed E-state index contributed by atoms with van der Waals surface area (Å²) in [5.74, 6) is 0.363. The standard InChI is InChI=1S/C21H24N2O2S/c24-20(13-16-5-2-1-3-6-16)22-11-12-23-21(25)15-26-19-10-9-17-7-4-8-18(17)14-19/h1-3,5-6,9-10,14H,4,7-8,11-13,15H2,(H,22,24)(H,23,25). The molecule has 1 aliphatic carbocycles. The van der Waals surface area contributed by atoms with Gasteiger partial charge in [0, 0.05) is 18.0 Å². The molecule has 0 saturated carbocycles. The van der Waals surface area contributed by atoms with Crippen LogP contribution in [-0.2, 0) is 28.9 Å². The molecule has 1 aliphatic rings. The Labute approximate surface area is 158 Å². The van der Waals surface area contributed by atoms with E-state index in [4.69, 9.17) is 0 Å². The average Bonchev–Trinajstić information content (AvgIpc) is 3.12. The molecule has 136 valence electrons. The van der Waals surface area contributed by atoms with Gasteiger partial charge < -0.3 is 10.6 Å². The van der Waals surface area contributed by atoms with Gasteiger partial charge in [-0.2, -0.15) is 0 Å². The van der Waals surface area contributed by atoms with Crippen LogP contribution in [0.5, 0.6) is 0 Å². The number of carbonyl (C=O) groups excluding carboxylic acids is 2. The van der Waals surface area contributed by atoms with E-state index in [1.54, 1.807) is 11.8 Å². The molecule has 0 heterocycles. The maximum Gasteiger partial charge on any atom is 0.230 e. The second-order valence-corrected chi connectivity index (χ2v) is 7.48. The molecular formula is C21H24N2O2S. The predicted octanol–water partition coefficient (Wildman–Crippen LogP) is 2.74. The van der Waals surface area contributed by atoms with Crippen LogP contribution in [0.15, 0.2) is 53.4 Å². The highest BCUT2D eigenvalue weighted by atomic mass is 32.2. The van der Waals surface area contributed by atoms with E-state index in [0.717, 1.165) is 16.9 Å². The highest BCUT2D eigenvalue weighted by molar-refractivity contribution is 8.00. The van der Waals surface area contributed by atoms with Crippen LogP contribution < -0.4 is 10.6 Å². The van der Waals surface area contributed by atoms with Crippen molar-refractivity contribution in [3.05, 3.63) is 65.2 Å². The Morgan fingerprint density at radius 2 is 1.62 bits per heavy atom. The van der Waals surface area contributed by atoms with Crippen LogP contribution in [0.4, 0.5) is 0 Å². The first-order chi connectivity index (χ1) is 12.7. The van der Waals surface area contributed by atoms with Crippen molar-refractivity contribution in [2.45, 2.75) is 30.6 Å². The molecule has 0 aliphatic heterocycles. The quantitative estimate of drug-likeness (QED) is 0.556. The first-order valence-corrected chi connectivity index (χ1v) is 10.0. The average molecular weight is 369 g/mol. The molecule has 0 spiro atoms. The van der Waals surface area contributed by atoms with Gasteiger partial charge in [-0.3, -0.25) is 9.59 Å². The molecule has 2 aromatic carbocycles. The van der Waals surface area contributed by atoms with Crippen LogP contribution in [0.25, 0.3) is 0 Å². The predicted molar refractivity (Wildman–Crippen MR) is 105 cm³/mol. The summed E-state index contributed by atoms with van der Waals surface area (Å²) in [6, 6.07) is 16.1. The number of hydrogen-bond acceptors (Lipinski definition) is 3. The first kappa shape index (κ1) is 18.5. The van der Waals surface area contributed by atoms with Gasteiger partial charge in [-0.15, -0.1) is 11.8 Å². The zero-order valence-corrected chi connectivity index (χ0v) is 15.6. The van der Waals surface area contributed by atoms with Crippen LogP contribution in [0.2, 0.25) is 0 Å². The van der Waals surface area contributed by atoms with Crippen molar-refractivity contribution >= 4 is 23.6 Å². The minimum Gasteiger partial charge on any atom is -0.354 e. The van der Waals surface area contributed by atoms with Crippen LogP contribution in [-0.4, -0.2) is 30.7 Å². The summed E-state index contributed by atoms with van der Waals surface area (Å²) in [5, 5.41) is 5.68. The monoisotopic (exact) mass is 368 g/mol. The van der Waals surface area contributed by atoms with E-state index in [2.05, 4.69) is 28.8 Å². The second-order valence-electron chi connectivity index (χ2n) is 6.44. The van der Waals surface area contributed by atoms with Gasteiger partial charge in [0.2, 0.25) is 11.8 Å². The van der Waals surface area contributed by atoms with E-state index in [-0.39, 0.29) is 11.8 Å². The van der Waals surface area contributed by atoms with E-state index < -0.39 is 0 Å². The van der Waals surface area contributed by atoms with Gasteiger partial charge >= 0.3 is 0 Å². The number of rotatable bonds is 8. The zero-order chi connectivity index (χ0) is 18.2. The summed E-state index contributed by atoms with van der Waals surface area (Å²) in [5.41, 5.74) is 3.86. The Bertz CT molecular complexity index is 762. The number of hydrogen-bond donors (Lipinski definition) is 2. The Morgan fingerprint density at radius 1 is 0.885 bits per heavy atom. The lowest BCUT2D eigenvalue weighted by Crippen LogP contribution is -2.36. The van der Waals surface area contributed by atoms with Gasteiger partial charge in [0.05, 0.1) is 12.2 Å². The van der Waals surface area contributed by atoms with Gasteiger partial charge in [-0.25, -0.2) is 0 Å². The molecule has 26 heavy (non-hydrogen) atoms. The van der Waals surface area contributed by atoms with E-state index in [1.807, 2.05) is 30.3 Å². The molecule has 2 aromatic rings. The van der Waals surface area contributed by atoms with Gasteiger partial charge in [0.15, 0.2) is 0 Å². The molecule has 2 amide bonds. The fraction of sp³-hybridized carbons (Fsp3) is 0.333. The van der Waals surface area contributed by atoms with Crippen molar-refractivity contribution < 1.29 is 9.59 Å². The van der Waals surface area contributed by atoms with Crippen LogP contribution in [0, 0.1) is 0 Å². The fourth-order valence-electron chi connectivity index (χ4n) is 3.09. The molecule has 0 atom stereocenters. The Kier molecular flexibility index (Phi) is 6.72. The maximum absolute atomic E-state index is 11.9. The van der Waals surface area contributed by atoms with E-state index in [1.165, 1.54) is 24.0 Å². The number of aryl methyl sites for hydroxylation is 2. The van der Waals surface area contributed by atoms with E-state index >= 15 is 0 Å². The third-order valence-corrected chi connectivity index (χ3v) is 5.41. The van der Waals surface area contributed by atoms with Crippen LogP contribution >= 0.6 is 11.8 Å². The van der Waals surface area contributed by atoms with Gasteiger partial charge in [0.1, 0.15) is 0 Å². The summed E-state index contributed by atoms with van der Waals surface area (Å²) in [7, 11) is 0. The summed E-state index contributed by atoms with van der Waals surface area (Å²) >= 11 is 1.56. The summed E-state index contributed by atoms with van der Waals surface area (Å²) in [4.78, 5) is 24.9. The second kappa shape index (κ2) is 9.43. The number of nitrogens with one attached hydrogen (secondary N) is 2. The third kappa shape index (κ3) is 5.63. The highest BCUT2D eigenvalue weighted by Gasteiger charge is 2.11. The van der Waals surface area contributed by atoms with Crippen molar-refractivity contribution in [1.29, 1.82) is 0 Å². The van der Waals surface area contributed by atoms with Crippen LogP contribution in [0.1, 0.15) is 23.1 Å². The summed E-state index contributed by atoms with van der Waals surface area (Å²) < 4.78 is 0. The third-order valence-electron chi connectivity index (χ3n) is 4.42. The fourth-order valence-corrected chi connectivity index (χ4v) is 3.88. The lowest BCUT2D eigenvalue weighted by Gasteiger charge is -2.08. The Balaban J connectivity index is 1.30. The molecule has 4 nitrogen and oxygen atoms in total. The Hall–Kier alpha value is -2.27. The lowest BCUT2D eigenvalue weighted by atomic mass is 10.1. The number of carbonyl (C=O) groups is 2. The number of thioether (sulfide) groups is 1. The Morgan fingerprint density at radius 3 is 2.42 bits per heavy atom. The van der Waals surface area contributed by atoms with Crippen molar-refractivity contribution in [2.24, 2.45) is 0 Å². The van der Waals surface area contributed by atoms with Crippen molar-refractivity contribution in [1.82, 2.24) is 10.6 Å². The van der Waals surface area contributed by atoms with Gasteiger partial charge in [-0.1, -0.05) is 36.4 Å². The zero-order valence-electron chi connectivity index (χ0n) is 14.8. The largest absolute Gasteiger partial charge is 0.354 e. The molecule has 3 rings (SSSR count). The topological polar surface area (TPSA) is 58.2 Å². The molecular weight excluding hydrogens is 344 g/mol. The van der Waals surface area contributed by atoms with Crippen molar-refractivity contribution in [3.63, 3.8) is 0 Å². The van der Waals surface area contributed by atoms with Gasteiger partial charge in [-0.05, 0) is 48.1 Å². The van der Waals surface area contributed by atoms with E-state index in [9.17, 15) is 9.59 Å². The lowest BCUT2D eigenvalue weighted by molar-refractivity contribution is -0.121. The summed E-state index contributed by atoms with van der Waals surface area (Å²) in [6.07, 6.45) is 3.93. The minimum atomic E-state index is -0.0297. The molecule has 0 aromatic heterocycles. The van der Waals surface area contributed by atoms with E-state index in [0.29, 0.717) is 25.3 Å². The number of benzene rings is 2.